The molecule has 4 heteroatoms. The monoisotopic (exact) mass is 176 g/mol. The van der Waals surface area contributed by atoms with Gasteiger partial charge in [-0.25, -0.2) is 0 Å². The normalized spacial score (nSPS) is 9.00. The highest BCUT2D eigenvalue weighted by atomic mass is 16.2. The van der Waals surface area contributed by atoms with Crippen LogP contribution in [-0.4, -0.2) is 13.0 Å². The first-order valence-corrected chi connectivity index (χ1v) is 3.85. The fourth-order valence-electron chi connectivity index (χ4n) is 1.00. The molecule has 0 saturated carbocycles. The van der Waals surface area contributed by atoms with Gasteiger partial charge in [-0.3, -0.25) is 4.79 Å². The Bertz CT molecular complexity index is 367. The summed E-state index contributed by atoms with van der Waals surface area (Å²) in [7, 11) is 1.63. The lowest BCUT2D eigenvalue weighted by Crippen LogP contribution is -2.22. The maximum atomic E-state index is 11.0. The Morgan fingerprint density at radius 2 is 2.08 bits per heavy atom. The second-order valence-electron chi connectivity index (χ2n) is 2.67. The first-order valence-electron chi connectivity index (χ1n) is 3.85. The Balaban J connectivity index is 3.15. The highest BCUT2D eigenvalue weighted by Crippen LogP contribution is 2.26. The van der Waals surface area contributed by atoms with E-state index in [4.69, 9.17) is 5.39 Å². The third-order valence-electron chi connectivity index (χ3n) is 1.82. The molecule has 13 heavy (non-hydrogen) atoms. The number of para-hydroxylation sites is 1. The summed E-state index contributed by atoms with van der Waals surface area (Å²) in [6, 6.07) is 6.88. The number of nitrogens with zero attached hydrogens (tertiary/aromatic N) is 3. The first kappa shape index (κ1) is 9.20. The van der Waals surface area contributed by atoms with Gasteiger partial charge in [0.05, 0.1) is 0 Å². The number of carbonyl (C=O) groups excluding carboxylic acids is 1. The lowest BCUT2D eigenvalue weighted by Gasteiger charge is -2.11. The van der Waals surface area contributed by atoms with Crippen molar-refractivity contribution in [2.75, 3.05) is 11.9 Å². The maximum Gasteiger partial charge on any atom is 0.408 e. The Labute approximate surface area is 76.4 Å². The average Bonchev–Trinajstić information content (AvgIpc) is 2.16. The van der Waals surface area contributed by atoms with Crippen LogP contribution in [0.2, 0.25) is 0 Å². The topological polar surface area (TPSA) is 48.5 Å². The van der Waals surface area contributed by atoms with Crippen molar-refractivity contribution in [1.82, 2.24) is 0 Å². The molecule has 0 aliphatic heterocycles. The number of hydrogen-bond donors (Lipinski definition) is 0. The molecule has 1 aromatic carbocycles. The quantitative estimate of drug-likeness (QED) is 0.615. The van der Waals surface area contributed by atoms with Crippen LogP contribution < -0.4 is 4.90 Å². The molecule has 0 unspecified atom stereocenters. The number of diazo groups is 1. The van der Waals surface area contributed by atoms with Gasteiger partial charge in [0.25, 0.3) is 0 Å². The summed E-state index contributed by atoms with van der Waals surface area (Å²) in [6.45, 7) is 1.45. The van der Waals surface area contributed by atoms with Gasteiger partial charge >= 0.3 is 5.69 Å². The average molecular weight is 176 g/mol. The van der Waals surface area contributed by atoms with Crippen LogP contribution in [0.1, 0.15) is 6.92 Å². The molecular weight excluding hydrogens is 166 g/mol. The minimum absolute atomic E-state index is 0.101. The molecule has 66 valence electrons. The Morgan fingerprint density at radius 1 is 1.46 bits per heavy atom. The molecule has 0 aliphatic rings. The molecule has 0 fully saturated rings. The predicted octanol–water partition coefficient (Wildman–Crippen LogP) is 2.15. The largest absolute Gasteiger partial charge is 0.408 e. The van der Waals surface area contributed by atoms with Crippen LogP contribution in [-0.2, 0) is 4.79 Å². The van der Waals surface area contributed by atoms with E-state index in [1.807, 2.05) is 0 Å². The Morgan fingerprint density at radius 3 is 2.62 bits per heavy atom. The van der Waals surface area contributed by atoms with Gasteiger partial charge < -0.3 is 4.90 Å². The van der Waals surface area contributed by atoms with E-state index in [-0.39, 0.29) is 5.91 Å². The van der Waals surface area contributed by atoms with E-state index >= 15 is 0 Å². The zero-order valence-electron chi connectivity index (χ0n) is 7.56. The van der Waals surface area contributed by atoms with Gasteiger partial charge in [0, 0.05) is 20.0 Å². The zero-order chi connectivity index (χ0) is 9.84. The molecular formula is C9H10N3O+. The van der Waals surface area contributed by atoms with E-state index < -0.39 is 0 Å². The van der Waals surface area contributed by atoms with Crippen molar-refractivity contribution in [2.24, 2.45) is 0 Å². The highest BCUT2D eigenvalue weighted by Gasteiger charge is 2.17. The van der Waals surface area contributed by atoms with E-state index in [1.165, 1.54) is 11.8 Å². The van der Waals surface area contributed by atoms with Gasteiger partial charge in [-0.2, -0.15) is 0 Å². The van der Waals surface area contributed by atoms with Crippen LogP contribution in [0.25, 0.3) is 4.98 Å². The van der Waals surface area contributed by atoms with Crippen LogP contribution in [0.15, 0.2) is 24.3 Å². The van der Waals surface area contributed by atoms with E-state index in [0.717, 1.165) is 0 Å². The van der Waals surface area contributed by atoms with Crippen molar-refractivity contribution >= 4 is 17.3 Å². The van der Waals surface area contributed by atoms with Gasteiger partial charge in [0.15, 0.2) is 4.98 Å². The molecule has 1 aromatic rings. The van der Waals surface area contributed by atoms with Crippen LogP contribution in [0, 0.1) is 5.39 Å². The number of anilines is 1. The molecule has 0 spiro atoms. The molecule has 1 amide bonds. The lowest BCUT2D eigenvalue weighted by atomic mass is 10.2. The fraction of sp³-hybridized carbons (Fsp3) is 0.222. The fourth-order valence-corrected chi connectivity index (χ4v) is 1.00. The first-order chi connectivity index (χ1) is 6.16. The summed E-state index contributed by atoms with van der Waals surface area (Å²) in [4.78, 5) is 15.5. The molecule has 1 rings (SSSR count). The summed E-state index contributed by atoms with van der Waals surface area (Å²) in [6.07, 6.45) is 0. The molecule has 0 N–H and O–H groups in total. The van der Waals surface area contributed by atoms with Crippen LogP contribution in [0.4, 0.5) is 11.4 Å². The lowest BCUT2D eigenvalue weighted by molar-refractivity contribution is -0.116. The maximum absolute atomic E-state index is 11.0. The standard InChI is InChI=1S/C9H10N3O/c1-7(13)12(2)9-6-4-3-5-8(9)11-10/h3-6H,1-2H3/q+1. The zero-order valence-corrected chi connectivity index (χ0v) is 7.56. The van der Waals surface area contributed by atoms with E-state index in [1.54, 1.807) is 31.3 Å². The Hall–Kier alpha value is -1.89. The van der Waals surface area contributed by atoms with Crippen molar-refractivity contribution < 1.29 is 4.79 Å². The molecule has 0 aliphatic carbocycles. The molecule has 0 heterocycles. The van der Waals surface area contributed by atoms with Crippen molar-refractivity contribution in [3.63, 3.8) is 0 Å². The second kappa shape index (κ2) is 3.68. The van der Waals surface area contributed by atoms with Gasteiger partial charge in [0.2, 0.25) is 11.3 Å². The summed E-state index contributed by atoms with van der Waals surface area (Å²) in [5.41, 5.74) is 0.984. The number of hydrogen-bond acceptors (Lipinski definition) is 2. The number of amides is 1. The molecule has 0 radical (unpaired) electrons. The minimum atomic E-state index is -0.101. The number of carbonyl (C=O) groups is 1. The minimum Gasteiger partial charge on any atom is -0.309 e. The van der Waals surface area contributed by atoms with Crippen molar-refractivity contribution in [3.05, 3.63) is 29.2 Å². The summed E-state index contributed by atoms with van der Waals surface area (Å²) in [5, 5.41) is 8.64. The number of rotatable bonds is 1. The van der Waals surface area contributed by atoms with E-state index in [2.05, 4.69) is 4.98 Å². The van der Waals surface area contributed by atoms with E-state index in [0.29, 0.717) is 11.4 Å². The van der Waals surface area contributed by atoms with Crippen molar-refractivity contribution in [3.8, 4) is 0 Å². The Kier molecular flexibility index (Phi) is 2.60. The van der Waals surface area contributed by atoms with E-state index in [9.17, 15) is 4.79 Å². The van der Waals surface area contributed by atoms with Gasteiger partial charge in [-0.05, 0) is 6.07 Å². The van der Waals surface area contributed by atoms with Crippen molar-refractivity contribution in [1.29, 1.82) is 5.39 Å². The molecule has 0 aromatic heterocycles. The summed E-state index contributed by atoms with van der Waals surface area (Å²) in [5.74, 6) is -0.101. The third-order valence-corrected chi connectivity index (χ3v) is 1.82. The summed E-state index contributed by atoms with van der Waals surface area (Å²) >= 11 is 0. The SMILES string of the molecule is CC(=O)N(C)c1ccccc1[N+]#N. The van der Waals surface area contributed by atoms with Gasteiger partial charge in [-0.1, -0.05) is 12.1 Å². The predicted molar refractivity (Wildman–Crippen MR) is 50.3 cm³/mol. The van der Waals surface area contributed by atoms with Crippen molar-refractivity contribution in [2.45, 2.75) is 6.92 Å². The smallest absolute Gasteiger partial charge is 0.309 e. The third kappa shape index (κ3) is 1.82. The summed E-state index contributed by atoms with van der Waals surface area (Å²) < 4.78 is 0. The van der Waals surface area contributed by atoms with Crippen LogP contribution in [0.3, 0.4) is 0 Å². The van der Waals surface area contributed by atoms with Crippen LogP contribution >= 0.6 is 0 Å². The van der Waals surface area contributed by atoms with Crippen LogP contribution in [0.5, 0.6) is 0 Å². The second-order valence-corrected chi connectivity index (χ2v) is 2.67. The molecule has 0 atom stereocenters. The highest BCUT2D eigenvalue weighted by molar-refractivity contribution is 5.94. The number of benzene rings is 1. The molecule has 4 nitrogen and oxygen atoms in total. The van der Waals surface area contributed by atoms with Gasteiger partial charge in [-0.15, -0.1) is 0 Å². The van der Waals surface area contributed by atoms with Gasteiger partial charge in [0.1, 0.15) is 5.69 Å². The molecule has 0 saturated heterocycles. The molecule has 0 bridgehead atoms.